The number of rotatable bonds is 4. The molecule has 3 heteroatoms. The van der Waals surface area contributed by atoms with E-state index < -0.39 is 11.2 Å². The molecule has 15 heavy (non-hydrogen) atoms. The average Bonchev–Trinajstić information content (AvgIpc) is 2.16. The number of hydrogen-bond donors (Lipinski definition) is 2. The van der Waals surface area contributed by atoms with Gasteiger partial charge in [0, 0.05) is 6.42 Å². The summed E-state index contributed by atoms with van der Waals surface area (Å²) in [6, 6.07) is 9.36. The highest BCUT2D eigenvalue weighted by Gasteiger charge is 2.34. The Morgan fingerprint density at radius 2 is 1.67 bits per heavy atom. The van der Waals surface area contributed by atoms with Gasteiger partial charge in [-0.2, -0.15) is 0 Å². The fraction of sp³-hybridized carbons (Fsp3) is 0.500. The minimum Gasteiger partial charge on any atom is -0.390 e. The molecule has 0 saturated heterocycles. The van der Waals surface area contributed by atoms with Crippen LogP contribution in [0.5, 0.6) is 0 Å². The van der Waals surface area contributed by atoms with Gasteiger partial charge in [0.2, 0.25) is 0 Å². The van der Waals surface area contributed by atoms with E-state index in [1.165, 1.54) is 0 Å². The van der Waals surface area contributed by atoms with Gasteiger partial charge in [-0.05, 0) is 26.3 Å². The first-order valence-corrected chi connectivity index (χ1v) is 4.98. The van der Waals surface area contributed by atoms with Crippen LogP contribution in [-0.2, 0) is 10.5 Å². The SMILES string of the molecule is CC(C)(O)CC(C)(OO)c1ccccc1. The first kappa shape index (κ1) is 12.2. The molecule has 1 aromatic rings. The molecule has 84 valence electrons. The Balaban J connectivity index is 2.96. The van der Waals surface area contributed by atoms with Crippen molar-refractivity contribution in [1.29, 1.82) is 0 Å². The largest absolute Gasteiger partial charge is 0.390 e. The minimum absolute atomic E-state index is 0.320. The Hall–Kier alpha value is -0.900. The molecule has 0 heterocycles. The van der Waals surface area contributed by atoms with Gasteiger partial charge in [0.25, 0.3) is 0 Å². The summed E-state index contributed by atoms with van der Waals surface area (Å²) in [5.74, 6) is 0. The molecular formula is C12H18O3. The van der Waals surface area contributed by atoms with Crippen molar-refractivity contribution >= 4 is 0 Å². The smallest absolute Gasteiger partial charge is 0.128 e. The van der Waals surface area contributed by atoms with Gasteiger partial charge in [0.15, 0.2) is 0 Å². The first-order chi connectivity index (χ1) is 6.87. The van der Waals surface area contributed by atoms with Crippen LogP contribution in [0.2, 0.25) is 0 Å². The second-order valence-electron chi connectivity index (χ2n) is 4.68. The minimum atomic E-state index is -0.896. The third-order valence-electron chi connectivity index (χ3n) is 2.36. The van der Waals surface area contributed by atoms with Crippen molar-refractivity contribution < 1.29 is 15.3 Å². The molecule has 0 aliphatic rings. The van der Waals surface area contributed by atoms with Gasteiger partial charge in [-0.25, -0.2) is 4.89 Å². The second kappa shape index (κ2) is 4.31. The van der Waals surface area contributed by atoms with Gasteiger partial charge in [0.1, 0.15) is 5.60 Å². The molecule has 2 N–H and O–H groups in total. The van der Waals surface area contributed by atoms with E-state index in [4.69, 9.17) is 5.26 Å². The molecule has 0 aliphatic heterocycles. The van der Waals surface area contributed by atoms with E-state index in [1.54, 1.807) is 20.8 Å². The van der Waals surface area contributed by atoms with Gasteiger partial charge < -0.3 is 5.11 Å². The molecule has 1 atom stereocenters. The molecule has 0 amide bonds. The van der Waals surface area contributed by atoms with Crippen LogP contribution in [0.1, 0.15) is 32.8 Å². The highest BCUT2D eigenvalue weighted by Crippen LogP contribution is 2.32. The van der Waals surface area contributed by atoms with Crippen LogP contribution in [0.25, 0.3) is 0 Å². The van der Waals surface area contributed by atoms with E-state index >= 15 is 0 Å². The van der Waals surface area contributed by atoms with Crippen molar-refractivity contribution in [2.45, 2.75) is 38.4 Å². The van der Waals surface area contributed by atoms with Crippen LogP contribution in [0.4, 0.5) is 0 Å². The predicted octanol–water partition coefficient (Wildman–Crippen LogP) is 2.55. The van der Waals surface area contributed by atoms with Crippen molar-refractivity contribution in [1.82, 2.24) is 0 Å². The van der Waals surface area contributed by atoms with E-state index in [9.17, 15) is 5.11 Å². The van der Waals surface area contributed by atoms with E-state index in [0.717, 1.165) is 5.56 Å². The monoisotopic (exact) mass is 210 g/mol. The first-order valence-electron chi connectivity index (χ1n) is 4.98. The summed E-state index contributed by atoms with van der Waals surface area (Å²) in [4.78, 5) is 4.54. The highest BCUT2D eigenvalue weighted by atomic mass is 17.1. The summed E-state index contributed by atoms with van der Waals surface area (Å²) in [6.07, 6.45) is 0.320. The molecule has 0 radical (unpaired) electrons. The fourth-order valence-corrected chi connectivity index (χ4v) is 1.80. The fourth-order valence-electron chi connectivity index (χ4n) is 1.80. The maximum atomic E-state index is 9.75. The maximum Gasteiger partial charge on any atom is 0.128 e. The summed E-state index contributed by atoms with van der Waals surface area (Å²) in [5.41, 5.74) is -0.929. The molecule has 0 bridgehead atoms. The van der Waals surface area contributed by atoms with E-state index in [0.29, 0.717) is 6.42 Å². The molecule has 1 rings (SSSR count). The lowest BCUT2D eigenvalue weighted by Crippen LogP contribution is -2.35. The van der Waals surface area contributed by atoms with Gasteiger partial charge in [0.05, 0.1) is 5.60 Å². The molecule has 0 aromatic heterocycles. The van der Waals surface area contributed by atoms with Crippen molar-refractivity contribution in [3.63, 3.8) is 0 Å². The zero-order valence-corrected chi connectivity index (χ0v) is 9.40. The van der Waals surface area contributed by atoms with Crippen LogP contribution >= 0.6 is 0 Å². The maximum absolute atomic E-state index is 9.75. The standard InChI is InChI=1S/C12H18O3/c1-11(2,13)9-12(3,15-14)10-7-5-4-6-8-10/h4-8,13-14H,9H2,1-3H3. The third kappa shape index (κ3) is 3.30. The number of hydrogen-bond acceptors (Lipinski definition) is 3. The van der Waals surface area contributed by atoms with Gasteiger partial charge in [-0.3, -0.25) is 5.26 Å². The second-order valence-corrected chi connectivity index (χ2v) is 4.68. The van der Waals surface area contributed by atoms with Crippen molar-refractivity contribution in [3.05, 3.63) is 35.9 Å². The molecule has 0 aliphatic carbocycles. The lowest BCUT2D eigenvalue weighted by atomic mass is 9.85. The number of benzene rings is 1. The summed E-state index contributed by atoms with van der Waals surface area (Å²) in [6.45, 7) is 5.13. The van der Waals surface area contributed by atoms with Gasteiger partial charge in [-0.1, -0.05) is 30.3 Å². The van der Waals surface area contributed by atoms with Crippen LogP contribution in [0.15, 0.2) is 30.3 Å². The highest BCUT2D eigenvalue weighted by molar-refractivity contribution is 5.22. The Kier molecular flexibility index (Phi) is 3.50. The third-order valence-corrected chi connectivity index (χ3v) is 2.36. The summed E-state index contributed by atoms with van der Waals surface area (Å²) >= 11 is 0. The van der Waals surface area contributed by atoms with Crippen molar-refractivity contribution in [2.24, 2.45) is 0 Å². The van der Waals surface area contributed by atoms with Crippen molar-refractivity contribution in [2.75, 3.05) is 0 Å². The molecule has 0 spiro atoms. The molecular weight excluding hydrogens is 192 g/mol. The molecule has 3 nitrogen and oxygen atoms in total. The zero-order chi connectivity index (χ0) is 11.5. The quantitative estimate of drug-likeness (QED) is 0.593. The Morgan fingerprint density at radius 1 is 1.13 bits per heavy atom. The van der Waals surface area contributed by atoms with Crippen LogP contribution in [0.3, 0.4) is 0 Å². The van der Waals surface area contributed by atoms with Crippen LogP contribution < -0.4 is 0 Å². The summed E-state index contributed by atoms with van der Waals surface area (Å²) in [5, 5.41) is 18.7. The lowest BCUT2D eigenvalue weighted by Gasteiger charge is -2.32. The Morgan fingerprint density at radius 3 is 2.07 bits per heavy atom. The molecule has 0 fully saturated rings. The van der Waals surface area contributed by atoms with E-state index in [2.05, 4.69) is 4.89 Å². The molecule has 1 unspecified atom stereocenters. The van der Waals surface area contributed by atoms with Gasteiger partial charge in [-0.15, -0.1) is 0 Å². The van der Waals surface area contributed by atoms with E-state index in [1.807, 2.05) is 30.3 Å². The Labute approximate surface area is 90.3 Å². The summed E-state index contributed by atoms with van der Waals surface area (Å²) < 4.78 is 0. The van der Waals surface area contributed by atoms with Gasteiger partial charge >= 0.3 is 0 Å². The molecule has 1 aromatic carbocycles. The zero-order valence-electron chi connectivity index (χ0n) is 9.40. The molecule has 0 saturated carbocycles. The van der Waals surface area contributed by atoms with E-state index in [-0.39, 0.29) is 0 Å². The summed E-state index contributed by atoms with van der Waals surface area (Å²) in [7, 11) is 0. The lowest BCUT2D eigenvalue weighted by molar-refractivity contribution is -0.332. The number of aliphatic hydroxyl groups is 1. The Bertz CT molecular complexity index is 302. The van der Waals surface area contributed by atoms with Crippen molar-refractivity contribution in [3.8, 4) is 0 Å². The van der Waals surface area contributed by atoms with Crippen LogP contribution in [-0.4, -0.2) is 16.0 Å². The topological polar surface area (TPSA) is 49.7 Å². The normalized spacial score (nSPS) is 16.1. The van der Waals surface area contributed by atoms with Crippen LogP contribution in [0, 0.1) is 0 Å². The average molecular weight is 210 g/mol. The predicted molar refractivity (Wildman–Crippen MR) is 58.4 cm³/mol.